The van der Waals surface area contributed by atoms with E-state index in [0.717, 1.165) is 25.0 Å². The van der Waals surface area contributed by atoms with Gasteiger partial charge in [-0.2, -0.15) is 0 Å². The fraction of sp³-hybridized carbons (Fsp3) is 0.667. The summed E-state index contributed by atoms with van der Waals surface area (Å²) in [5.41, 5.74) is 1.43. The van der Waals surface area contributed by atoms with E-state index in [1.165, 1.54) is 31.4 Å². The summed E-state index contributed by atoms with van der Waals surface area (Å²) in [6.45, 7) is 10.3. The first kappa shape index (κ1) is 15.5. The van der Waals surface area contributed by atoms with Gasteiger partial charge in [0.2, 0.25) is 0 Å². The molecule has 1 aliphatic rings. The number of nitrogens with zero attached hydrogens (tertiary/aromatic N) is 1. The number of hydrogen-bond acceptors (Lipinski definition) is 2. The van der Waals surface area contributed by atoms with Gasteiger partial charge in [-0.05, 0) is 44.7 Å². The highest BCUT2D eigenvalue weighted by Crippen LogP contribution is 2.27. The van der Waals surface area contributed by atoms with E-state index >= 15 is 0 Å². The molecule has 2 nitrogen and oxygen atoms in total. The topological polar surface area (TPSA) is 15.3 Å². The molecule has 2 heteroatoms. The monoisotopic (exact) mass is 274 g/mol. The lowest BCUT2D eigenvalue weighted by Gasteiger charge is -2.32. The molecule has 1 aromatic rings. The van der Waals surface area contributed by atoms with Crippen molar-refractivity contribution in [3.05, 3.63) is 35.9 Å². The standard InChI is InChI=1S/C18H30N2/c1-4-19-18-12-8-11-17(18)14-20(15(2)3)13-16-9-6-5-7-10-16/h5-7,9-10,15,17-19H,4,8,11-14H2,1-3H3. The lowest BCUT2D eigenvalue weighted by molar-refractivity contribution is 0.167. The van der Waals surface area contributed by atoms with Crippen molar-refractivity contribution in [3.63, 3.8) is 0 Å². The minimum absolute atomic E-state index is 0.609. The molecule has 0 amide bonds. The molecule has 0 bridgehead atoms. The normalized spacial score (nSPS) is 22.9. The summed E-state index contributed by atoms with van der Waals surface area (Å²) >= 11 is 0. The Labute approximate surface area is 124 Å². The van der Waals surface area contributed by atoms with Gasteiger partial charge in [-0.25, -0.2) is 0 Å². The van der Waals surface area contributed by atoms with Gasteiger partial charge >= 0.3 is 0 Å². The molecule has 0 heterocycles. The van der Waals surface area contributed by atoms with Crippen LogP contribution in [-0.2, 0) is 6.54 Å². The SMILES string of the molecule is CCNC1CCCC1CN(Cc1ccccc1)C(C)C. The average molecular weight is 274 g/mol. The van der Waals surface area contributed by atoms with Crippen molar-refractivity contribution >= 4 is 0 Å². The van der Waals surface area contributed by atoms with Gasteiger partial charge in [0.1, 0.15) is 0 Å². The van der Waals surface area contributed by atoms with Crippen molar-refractivity contribution in [3.8, 4) is 0 Å². The molecule has 2 rings (SSSR count). The van der Waals surface area contributed by atoms with Gasteiger partial charge in [0.15, 0.2) is 0 Å². The van der Waals surface area contributed by atoms with Gasteiger partial charge in [0.05, 0.1) is 0 Å². The molecule has 0 radical (unpaired) electrons. The molecule has 1 saturated carbocycles. The van der Waals surface area contributed by atoms with Crippen LogP contribution in [0.3, 0.4) is 0 Å². The maximum absolute atomic E-state index is 3.68. The molecular formula is C18H30N2. The summed E-state index contributed by atoms with van der Waals surface area (Å²) in [5, 5.41) is 3.68. The number of rotatable bonds is 7. The molecule has 1 fully saturated rings. The first-order valence-corrected chi connectivity index (χ1v) is 8.22. The summed E-state index contributed by atoms with van der Waals surface area (Å²) in [6, 6.07) is 12.2. The van der Waals surface area contributed by atoms with Crippen LogP contribution in [0.2, 0.25) is 0 Å². The third-order valence-corrected chi connectivity index (χ3v) is 4.55. The smallest absolute Gasteiger partial charge is 0.0236 e. The Morgan fingerprint density at radius 1 is 1.20 bits per heavy atom. The van der Waals surface area contributed by atoms with Crippen LogP contribution in [0.5, 0.6) is 0 Å². The largest absolute Gasteiger partial charge is 0.314 e. The molecule has 0 spiro atoms. The molecule has 112 valence electrons. The summed E-state index contributed by atoms with van der Waals surface area (Å²) in [5.74, 6) is 0.820. The molecule has 2 atom stereocenters. The van der Waals surface area contributed by atoms with Gasteiger partial charge < -0.3 is 5.32 Å². The minimum atomic E-state index is 0.609. The Balaban J connectivity index is 1.95. The van der Waals surface area contributed by atoms with Gasteiger partial charge in [0, 0.05) is 25.2 Å². The lowest BCUT2D eigenvalue weighted by Crippen LogP contribution is -2.41. The summed E-state index contributed by atoms with van der Waals surface area (Å²) in [4.78, 5) is 2.63. The molecule has 1 N–H and O–H groups in total. The molecule has 1 aromatic carbocycles. The first-order valence-electron chi connectivity index (χ1n) is 8.22. The van der Waals surface area contributed by atoms with Crippen LogP contribution >= 0.6 is 0 Å². The Morgan fingerprint density at radius 3 is 2.60 bits per heavy atom. The van der Waals surface area contributed by atoms with Crippen molar-refractivity contribution in [2.75, 3.05) is 13.1 Å². The molecule has 0 aromatic heterocycles. The van der Waals surface area contributed by atoms with Crippen molar-refractivity contribution < 1.29 is 0 Å². The Bertz CT molecular complexity index is 374. The maximum Gasteiger partial charge on any atom is 0.0236 e. The Morgan fingerprint density at radius 2 is 1.95 bits per heavy atom. The van der Waals surface area contributed by atoms with Crippen LogP contribution in [0, 0.1) is 5.92 Å². The van der Waals surface area contributed by atoms with Crippen LogP contribution in [0.4, 0.5) is 0 Å². The molecule has 1 aliphatic carbocycles. The first-order chi connectivity index (χ1) is 9.70. The van der Waals surface area contributed by atoms with Crippen LogP contribution in [0.1, 0.15) is 45.6 Å². The third-order valence-electron chi connectivity index (χ3n) is 4.55. The van der Waals surface area contributed by atoms with Crippen LogP contribution < -0.4 is 5.32 Å². The predicted molar refractivity (Wildman–Crippen MR) is 86.8 cm³/mol. The molecule has 0 saturated heterocycles. The molecule has 2 unspecified atom stereocenters. The molecular weight excluding hydrogens is 244 g/mol. The van der Waals surface area contributed by atoms with Crippen molar-refractivity contribution in [2.45, 2.75) is 58.7 Å². The number of benzene rings is 1. The van der Waals surface area contributed by atoms with Crippen molar-refractivity contribution in [1.29, 1.82) is 0 Å². The molecule has 20 heavy (non-hydrogen) atoms. The second-order valence-electron chi connectivity index (χ2n) is 6.36. The van der Waals surface area contributed by atoms with Gasteiger partial charge in [-0.3, -0.25) is 4.90 Å². The van der Waals surface area contributed by atoms with E-state index in [9.17, 15) is 0 Å². The highest BCUT2D eigenvalue weighted by atomic mass is 15.2. The van der Waals surface area contributed by atoms with Gasteiger partial charge in [-0.15, -0.1) is 0 Å². The number of nitrogens with one attached hydrogen (secondary N) is 1. The third kappa shape index (κ3) is 4.32. The summed E-state index contributed by atoms with van der Waals surface area (Å²) in [7, 11) is 0. The zero-order valence-corrected chi connectivity index (χ0v) is 13.3. The van der Waals surface area contributed by atoms with Gasteiger partial charge in [-0.1, -0.05) is 43.7 Å². The highest BCUT2D eigenvalue weighted by molar-refractivity contribution is 5.14. The van der Waals surface area contributed by atoms with E-state index < -0.39 is 0 Å². The Hall–Kier alpha value is -0.860. The number of hydrogen-bond donors (Lipinski definition) is 1. The Kier molecular flexibility index (Phi) is 6.06. The lowest BCUT2D eigenvalue weighted by atomic mass is 10.0. The summed E-state index contributed by atoms with van der Waals surface area (Å²) in [6.07, 6.45) is 4.13. The van der Waals surface area contributed by atoms with E-state index in [-0.39, 0.29) is 0 Å². The van der Waals surface area contributed by atoms with E-state index in [4.69, 9.17) is 0 Å². The molecule has 0 aliphatic heterocycles. The highest BCUT2D eigenvalue weighted by Gasteiger charge is 2.28. The quantitative estimate of drug-likeness (QED) is 0.816. The van der Waals surface area contributed by atoms with Crippen molar-refractivity contribution in [1.82, 2.24) is 10.2 Å². The predicted octanol–water partition coefficient (Wildman–Crippen LogP) is 3.68. The fourth-order valence-electron chi connectivity index (χ4n) is 3.36. The average Bonchev–Trinajstić information content (AvgIpc) is 2.87. The zero-order chi connectivity index (χ0) is 14.4. The minimum Gasteiger partial charge on any atom is -0.314 e. The van der Waals surface area contributed by atoms with E-state index in [1.54, 1.807) is 0 Å². The van der Waals surface area contributed by atoms with Crippen LogP contribution in [-0.4, -0.2) is 30.1 Å². The van der Waals surface area contributed by atoms with Crippen LogP contribution in [0.25, 0.3) is 0 Å². The summed E-state index contributed by atoms with van der Waals surface area (Å²) < 4.78 is 0. The van der Waals surface area contributed by atoms with Crippen LogP contribution in [0.15, 0.2) is 30.3 Å². The van der Waals surface area contributed by atoms with Gasteiger partial charge in [0.25, 0.3) is 0 Å². The second-order valence-corrected chi connectivity index (χ2v) is 6.36. The van der Waals surface area contributed by atoms with E-state index in [2.05, 4.69) is 61.3 Å². The van der Waals surface area contributed by atoms with E-state index in [1.807, 2.05) is 0 Å². The second kappa shape index (κ2) is 7.80. The zero-order valence-electron chi connectivity index (χ0n) is 13.3. The van der Waals surface area contributed by atoms with Crippen molar-refractivity contribution in [2.24, 2.45) is 5.92 Å². The van der Waals surface area contributed by atoms with E-state index in [0.29, 0.717) is 6.04 Å². The maximum atomic E-state index is 3.68. The fourth-order valence-corrected chi connectivity index (χ4v) is 3.36.